The second kappa shape index (κ2) is 6.93. The number of furan rings is 1. The third kappa shape index (κ3) is 4.08. The Kier molecular flexibility index (Phi) is 4.54. The van der Waals surface area contributed by atoms with E-state index < -0.39 is 5.97 Å². The van der Waals surface area contributed by atoms with E-state index in [1.54, 1.807) is 36.4 Å². The zero-order chi connectivity index (χ0) is 16.1. The van der Waals surface area contributed by atoms with Crippen LogP contribution in [0.5, 0.6) is 0 Å². The molecule has 3 aromatic rings. The van der Waals surface area contributed by atoms with Crippen molar-refractivity contribution < 1.29 is 18.5 Å². The van der Waals surface area contributed by atoms with E-state index in [0.717, 1.165) is 5.56 Å². The van der Waals surface area contributed by atoms with E-state index >= 15 is 0 Å². The van der Waals surface area contributed by atoms with Gasteiger partial charge in [-0.25, -0.2) is 4.79 Å². The first-order valence-corrected chi connectivity index (χ1v) is 7.05. The summed E-state index contributed by atoms with van der Waals surface area (Å²) in [5, 5.41) is 4.40. The number of esters is 1. The van der Waals surface area contributed by atoms with Gasteiger partial charge in [0.2, 0.25) is 5.82 Å². The second-order valence-corrected chi connectivity index (χ2v) is 4.91. The van der Waals surface area contributed by atoms with Gasteiger partial charge in [-0.05, 0) is 30.3 Å². The minimum absolute atomic E-state index is 0.116. The third-order valence-corrected chi connectivity index (χ3v) is 3.05. The molecule has 0 N–H and O–H groups in total. The number of rotatable bonds is 5. The molecule has 0 saturated heterocycles. The van der Waals surface area contributed by atoms with E-state index in [4.69, 9.17) is 25.3 Å². The summed E-state index contributed by atoms with van der Waals surface area (Å²) in [6.45, 7) is -0.116. The molecule has 7 heteroatoms. The average Bonchev–Trinajstić information content (AvgIpc) is 3.22. The van der Waals surface area contributed by atoms with Gasteiger partial charge in [-0.3, -0.25) is 0 Å². The lowest BCUT2D eigenvalue weighted by Crippen LogP contribution is -2.00. The van der Waals surface area contributed by atoms with Gasteiger partial charge in [0, 0.05) is 16.7 Å². The van der Waals surface area contributed by atoms with Crippen molar-refractivity contribution in [2.45, 2.75) is 6.61 Å². The first-order valence-electron chi connectivity index (χ1n) is 6.67. The predicted octanol–water partition coefficient (Wildman–Crippen LogP) is 3.74. The molecule has 0 atom stereocenters. The summed E-state index contributed by atoms with van der Waals surface area (Å²) in [5.41, 5.74) is 0.719. The molecule has 0 aliphatic carbocycles. The van der Waals surface area contributed by atoms with Crippen LogP contribution in [0.1, 0.15) is 11.7 Å². The molecule has 0 saturated carbocycles. The highest BCUT2D eigenvalue weighted by molar-refractivity contribution is 6.30. The lowest BCUT2D eigenvalue weighted by Gasteiger charge is -1.96. The van der Waals surface area contributed by atoms with Crippen molar-refractivity contribution in [2.24, 2.45) is 0 Å². The zero-order valence-electron chi connectivity index (χ0n) is 11.8. The highest BCUT2D eigenvalue weighted by atomic mass is 35.5. The van der Waals surface area contributed by atoms with Gasteiger partial charge in [0.1, 0.15) is 5.76 Å². The molecule has 2 heterocycles. The molecule has 0 radical (unpaired) electrons. The van der Waals surface area contributed by atoms with Gasteiger partial charge in [0.25, 0.3) is 5.89 Å². The SMILES string of the molecule is O=C(/C=C/c1ccco1)OCc1nc(-c2cccc(Cl)c2)no1. The Labute approximate surface area is 136 Å². The van der Waals surface area contributed by atoms with E-state index in [1.807, 2.05) is 0 Å². The van der Waals surface area contributed by atoms with Gasteiger partial charge in [-0.15, -0.1) is 0 Å². The van der Waals surface area contributed by atoms with Gasteiger partial charge in [-0.1, -0.05) is 28.9 Å². The molecule has 0 aliphatic rings. The summed E-state index contributed by atoms with van der Waals surface area (Å²) in [6.07, 6.45) is 4.28. The molecule has 3 rings (SSSR count). The zero-order valence-corrected chi connectivity index (χ0v) is 12.6. The summed E-state index contributed by atoms with van der Waals surface area (Å²) in [6, 6.07) is 10.5. The number of hydrogen-bond donors (Lipinski definition) is 0. The van der Waals surface area contributed by atoms with Crippen molar-refractivity contribution in [1.29, 1.82) is 0 Å². The minimum atomic E-state index is -0.538. The number of nitrogens with zero attached hydrogens (tertiary/aromatic N) is 2. The van der Waals surface area contributed by atoms with Crippen LogP contribution in [-0.2, 0) is 16.1 Å². The molecular formula is C16H11ClN2O4. The van der Waals surface area contributed by atoms with Crippen LogP contribution in [-0.4, -0.2) is 16.1 Å². The Morgan fingerprint density at radius 1 is 1.30 bits per heavy atom. The molecule has 0 bridgehead atoms. The van der Waals surface area contributed by atoms with Crippen LogP contribution in [0.2, 0.25) is 5.02 Å². The maximum absolute atomic E-state index is 11.6. The Morgan fingerprint density at radius 3 is 3.00 bits per heavy atom. The number of halogens is 1. The molecular weight excluding hydrogens is 320 g/mol. The monoisotopic (exact) mass is 330 g/mol. The van der Waals surface area contributed by atoms with E-state index in [9.17, 15) is 4.79 Å². The van der Waals surface area contributed by atoms with Crippen molar-refractivity contribution in [3.63, 3.8) is 0 Å². The fourth-order valence-electron chi connectivity index (χ4n) is 1.78. The number of carbonyl (C=O) groups is 1. The molecule has 0 fully saturated rings. The molecule has 116 valence electrons. The first-order chi connectivity index (χ1) is 11.2. The lowest BCUT2D eigenvalue weighted by molar-refractivity contribution is -0.139. The maximum atomic E-state index is 11.6. The van der Waals surface area contributed by atoms with Crippen LogP contribution >= 0.6 is 11.6 Å². The number of carbonyl (C=O) groups excluding carboxylic acids is 1. The quantitative estimate of drug-likeness (QED) is 0.524. The van der Waals surface area contributed by atoms with Crippen molar-refractivity contribution in [2.75, 3.05) is 0 Å². The lowest BCUT2D eigenvalue weighted by atomic mass is 10.2. The second-order valence-electron chi connectivity index (χ2n) is 4.48. The standard InChI is InChI=1S/C16H11ClN2O4/c17-12-4-1-3-11(9-12)16-18-14(23-19-16)10-22-15(20)7-6-13-5-2-8-21-13/h1-9H,10H2/b7-6+. The van der Waals surface area contributed by atoms with E-state index in [1.165, 1.54) is 18.4 Å². The van der Waals surface area contributed by atoms with E-state index in [-0.39, 0.29) is 12.5 Å². The summed E-state index contributed by atoms with van der Waals surface area (Å²) in [4.78, 5) is 15.7. The summed E-state index contributed by atoms with van der Waals surface area (Å²) in [7, 11) is 0. The molecule has 0 unspecified atom stereocenters. The molecule has 23 heavy (non-hydrogen) atoms. The van der Waals surface area contributed by atoms with Crippen LogP contribution in [0.25, 0.3) is 17.5 Å². The third-order valence-electron chi connectivity index (χ3n) is 2.82. The number of benzene rings is 1. The summed E-state index contributed by atoms with van der Waals surface area (Å²) in [5.74, 6) is 0.594. The Hall–Kier alpha value is -2.86. The largest absolute Gasteiger partial charge is 0.465 e. The Balaban J connectivity index is 1.58. The van der Waals surface area contributed by atoms with Gasteiger partial charge in [0.15, 0.2) is 6.61 Å². The topological polar surface area (TPSA) is 78.4 Å². The molecule has 0 aliphatic heterocycles. The minimum Gasteiger partial charge on any atom is -0.465 e. The van der Waals surface area contributed by atoms with Gasteiger partial charge >= 0.3 is 5.97 Å². The Bertz CT molecular complexity index is 824. The fraction of sp³-hybridized carbons (Fsp3) is 0.0625. The smallest absolute Gasteiger partial charge is 0.331 e. The highest BCUT2D eigenvalue weighted by Gasteiger charge is 2.10. The van der Waals surface area contributed by atoms with Crippen molar-refractivity contribution in [3.05, 3.63) is 65.4 Å². The average molecular weight is 331 g/mol. The van der Waals surface area contributed by atoms with E-state index in [0.29, 0.717) is 16.6 Å². The molecule has 2 aromatic heterocycles. The molecule has 6 nitrogen and oxygen atoms in total. The molecule has 0 spiro atoms. The number of aromatic nitrogens is 2. The van der Waals surface area contributed by atoms with Crippen LogP contribution < -0.4 is 0 Å². The van der Waals surface area contributed by atoms with E-state index in [2.05, 4.69) is 10.1 Å². The van der Waals surface area contributed by atoms with Gasteiger partial charge < -0.3 is 13.7 Å². The van der Waals surface area contributed by atoms with Gasteiger partial charge in [-0.2, -0.15) is 4.98 Å². The molecule has 1 aromatic carbocycles. The van der Waals surface area contributed by atoms with Crippen LogP contribution in [0, 0.1) is 0 Å². The normalized spacial score (nSPS) is 11.0. The maximum Gasteiger partial charge on any atom is 0.331 e. The summed E-state index contributed by atoms with van der Waals surface area (Å²) >= 11 is 5.91. The Morgan fingerprint density at radius 2 is 2.22 bits per heavy atom. The van der Waals surface area contributed by atoms with Gasteiger partial charge in [0.05, 0.1) is 6.26 Å². The van der Waals surface area contributed by atoms with Crippen molar-refractivity contribution in [1.82, 2.24) is 10.1 Å². The highest BCUT2D eigenvalue weighted by Crippen LogP contribution is 2.20. The van der Waals surface area contributed by atoms with Crippen LogP contribution in [0.3, 0.4) is 0 Å². The van der Waals surface area contributed by atoms with Crippen LogP contribution in [0.4, 0.5) is 0 Å². The number of ether oxygens (including phenoxy) is 1. The molecule has 0 amide bonds. The van der Waals surface area contributed by atoms with Crippen molar-refractivity contribution in [3.8, 4) is 11.4 Å². The van der Waals surface area contributed by atoms with Crippen molar-refractivity contribution >= 4 is 23.6 Å². The predicted molar refractivity (Wildman–Crippen MR) is 82.3 cm³/mol. The number of hydrogen-bond acceptors (Lipinski definition) is 6. The fourth-order valence-corrected chi connectivity index (χ4v) is 1.97. The van der Waals surface area contributed by atoms with Crippen LogP contribution in [0.15, 0.2) is 57.7 Å². The first kappa shape index (κ1) is 15.1. The summed E-state index contributed by atoms with van der Waals surface area (Å²) < 4.78 is 15.1.